The lowest BCUT2D eigenvalue weighted by molar-refractivity contribution is -0.126. The van der Waals surface area contributed by atoms with Gasteiger partial charge in [0.15, 0.2) is 5.82 Å². The number of nitrogens with zero attached hydrogens (tertiary/aromatic N) is 4. The van der Waals surface area contributed by atoms with E-state index in [2.05, 4.69) is 15.5 Å². The molecule has 3 aromatic rings. The minimum Gasteiger partial charge on any atom is -0.335 e. The van der Waals surface area contributed by atoms with E-state index in [9.17, 15) is 9.59 Å². The van der Waals surface area contributed by atoms with E-state index >= 15 is 0 Å². The summed E-state index contributed by atoms with van der Waals surface area (Å²) in [7, 11) is 0. The highest BCUT2D eigenvalue weighted by atomic mass is 35.5. The molecule has 0 radical (unpaired) electrons. The Kier molecular flexibility index (Phi) is 5.40. The van der Waals surface area contributed by atoms with Gasteiger partial charge < -0.3 is 11.2 Å². The molecule has 0 aliphatic carbocycles. The number of hydrogen-bond donors (Lipinski definition) is 2. The van der Waals surface area contributed by atoms with Gasteiger partial charge in [0.1, 0.15) is 5.54 Å². The van der Waals surface area contributed by atoms with Crippen LogP contribution in [0.2, 0.25) is 5.02 Å². The van der Waals surface area contributed by atoms with Crippen LogP contribution in [-0.2, 0) is 9.59 Å². The topological polar surface area (TPSA) is 106 Å². The first-order valence-corrected chi connectivity index (χ1v) is 10.8. The Balaban J connectivity index is 1.63. The smallest absolute Gasteiger partial charge is 0.250 e. The van der Waals surface area contributed by atoms with E-state index in [0.29, 0.717) is 32.9 Å². The number of carbonyl (C=O) groups is 2. The number of halogens is 1. The lowest BCUT2D eigenvalue weighted by Gasteiger charge is -2.43. The number of para-hydroxylation sites is 2. The number of benzene rings is 2. The summed E-state index contributed by atoms with van der Waals surface area (Å²) >= 11 is 7.42. The minimum absolute atomic E-state index is 0.236. The van der Waals surface area contributed by atoms with Crippen molar-refractivity contribution in [2.45, 2.75) is 36.7 Å². The second-order valence-electron chi connectivity index (χ2n) is 7.62. The van der Waals surface area contributed by atoms with E-state index in [1.807, 2.05) is 30.3 Å². The predicted octanol–water partition coefficient (Wildman–Crippen LogP) is 3.56. The summed E-state index contributed by atoms with van der Waals surface area (Å²) in [5.74, 6) is 6.12. The van der Waals surface area contributed by atoms with Crippen LogP contribution in [0.15, 0.2) is 53.7 Å². The van der Waals surface area contributed by atoms with Gasteiger partial charge in [-0.2, -0.15) is 0 Å². The Bertz CT molecular complexity index is 1180. The third-order valence-corrected chi connectivity index (χ3v) is 6.51. The summed E-state index contributed by atoms with van der Waals surface area (Å²) in [4.78, 5) is 27.7. The minimum atomic E-state index is -1.06. The van der Waals surface area contributed by atoms with Crippen LogP contribution in [-0.4, -0.2) is 37.5 Å². The van der Waals surface area contributed by atoms with Crippen LogP contribution in [0, 0.1) is 0 Å². The molecule has 0 saturated heterocycles. The van der Waals surface area contributed by atoms with E-state index in [4.69, 9.17) is 17.4 Å². The third-order valence-electron chi connectivity index (χ3n) is 5.14. The molecule has 4 rings (SSSR count). The normalized spacial score (nSPS) is 15.9. The molecule has 1 aromatic heterocycles. The lowest BCUT2D eigenvalue weighted by atomic mass is 9.96. The van der Waals surface area contributed by atoms with Crippen molar-refractivity contribution < 1.29 is 9.59 Å². The molecule has 2 aromatic carbocycles. The molecule has 8 nitrogen and oxygen atoms in total. The average molecular weight is 457 g/mol. The molecular formula is C21H21ClN6O2S. The maximum absolute atomic E-state index is 13.5. The second kappa shape index (κ2) is 7.90. The number of rotatable bonds is 4. The molecule has 3 N–H and O–H groups in total. The van der Waals surface area contributed by atoms with Crippen molar-refractivity contribution in [2.75, 3.05) is 16.1 Å². The van der Waals surface area contributed by atoms with E-state index < -0.39 is 10.8 Å². The first kappa shape index (κ1) is 21.2. The van der Waals surface area contributed by atoms with Gasteiger partial charge in [0, 0.05) is 5.56 Å². The third kappa shape index (κ3) is 3.64. The molecule has 0 saturated carbocycles. The van der Waals surface area contributed by atoms with Crippen molar-refractivity contribution in [1.29, 1.82) is 0 Å². The summed E-state index contributed by atoms with van der Waals surface area (Å²) in [6, 6.07) is 14.4. The van der Waals surface area contributed by atoms with Gasteiger partial charge in [-0.3, -0.25) is 14.5 Å². The van der Waals surface area contributed by atoms with Crippen molar-refractivity contribution in [2.24, 2.45) is 0 Å². The first-order valence-electron chi connectivity index (χ1n) is 9.58. The molecule has 2 heterocycles. The van der Waals surface area contributed by atoms with Gasteiger partial charge in [0.05, 0.1) is 21.6 Å². The van der Waals surface area contributed by atoms with Crippen molar-refractivity contribution in [3.8, 4) is 11.4 Å². The maximum atomic E-state index is 13.5. The summed E-state index contributed by atoms with van der Waals surface area (Å²) in [5.41, 5.74) is 0.836. The Morgan fingerprint density at radius 3 is 2.58 bits per heavy atom. The van der Waals surface area contributed by atoms with Crippen LogP contribution in [0.1, 0.15) is 20.8 Å². The number of amides is 2. The van der Waals surface area contributed by atoms with Crippen molar-refractivity contribution in [3.63, 3.8) is 0 Å². The Morgan fingerprint density at radius 2 is 1.84 bits per heavy atom. The van der Waals surface area contributed by atoms with Gasteiger partial charge in [-0.25, -0.2) is 4.68 Å². The largest absolute Gasteiger partial charge is 0.335 e. The van der Waals surface area contributed by atoms with Crippen LogP contribution < -0.4 is 16.1 Å². The van der Waals surface area contributed by atoms with Crippen molar-refractivity contribution in [1.82, 2.24) is 14.9 Å². The summed E-state index contributed by atoms with van der Waals surface area (Å²) < 4.78 is 1.32. The lowest BCUT2D eigenvalue weighted by Crippen LogP contribution is -2.60. The highest BCUT2D eigenvalue weighted by Gasteiger charge is 2.45. The van der Waals surface area contributed by atoms with Crippen LogP contribution in [0.5, 0.6) is 0 Å². The van der Waals surface area contributed by atoms with Crippen LogP contribution in [0.4, 0.5) is 11.4 Å². The molecule has 1 aliphatic heterocycles. The number of anilines is 2. The van der Waals surface area contributed by atoms with Crippen LogP contribution >= 0.6 is 23.4 Å². The predicted molar refractivity (Wildman–Crippen MR) is 123 cm³/mol. The van der Waals surface area contributed by atoms with E-state index in [1.165, 1.54) is 21.3 Å². The number of nitrogens with two attached hydrogens (primary N) is 1. The van der Waals surface area contributed by atoms with Crippen LogP contribution in [0.3, 0.4) is 0 Å². The molecule has 0 spiro atoms. The molecule has 0 fully saturated rings. The van der Waals surface area contributed by atoms with E-state index in [1.54, 1.807) is 39.0 Å². The van der Waals surface area contributed by atoms with Crippen molar-refractivity contribution in [3.05, 3.63) is 53.6 Å². The quantitative estimate of drug-likeness (QED) is 0.459. The number of thioether (sulfide) groups is 1. The van der Waals surface area contributed by atoms with Gasteiger partial charge >= 0.3 is 0 Å². The highest BCUT2D eigenvalue weighted by molar-refractivity contribution is 8.00. The average Bonchev–Trinajstić information content (AvgIpc) is 3.09. The molecule has 1 atom stereocenters. The molecular weight excluding hydrogens is 436 g/mol. The van der Waals surface area contributed by atoms with E-state index in [0.717, 1.165) is 0 Å². The molecule has 2 amide bonds. The van der Waals surface area contributed by atoms with Crippen LogP contribution in [0.25, 0.3) is 11.4 Å². The fourth-order valence-electron chi connectivity index (χ4n) is 3.42. The van der Waals surface area contributed by atoms with E-state index in [-0.39, 0.29) is 11.8 Å². The molecule has 0 bridgehead atoms. The second-order valence-corrected chi connectivity index (χ2v) is 9.34. The number of aromatic nitrogens is 3. The molecule has 10 heteroatoms. The van der Waals surface area contributed by atoms with Gasteiger partial charge in [0.25, 0.3) is 0 Å². The SMILES string of the molecule is CC(Sc1nnc(-c2ccccc2Cl)n1N)C(=O)N1c2ccccc2NC(=O)C1(C)C. The zero-order valence-electron chi connectivity index (χ0n) is 17.2. The number of nitrogens with one attached hydrogen (secondary N) is 1. The maximum Gasteiger partial charge on any atom is 0.250 e. The molecule has 1 aliphatic rings. The standard InChI is InChI=1S/C21H21ClN6O2S/c1-12(31-20-26-25-17(28(20)23)13-8-4-5-9-14(13)22)18(29)27-16-11-7-6-10-15(16)24-19(30)21(27,2)3/h4-12H,23H2,1-3H3,(H,24,30). The van der Waals surface area contributed by atoms with Crippen molar-refractivity contribution >= 4 is 46.6 Å². The molecule has 1 unspecified atom stereocenters. The zero-order chi connectivity index (χ0) is 22.3. The molecule has 31 heavy (non-hydrogen) atoms. The van der Waals surface area contributed by atoms with Gasteiger partial charge in [-0.15, -0.1) is 10.2 Å². The monoisotopic (exact) mass is 456 g/mol. The fourth-order valence-corrected chi connectivity index (χ4v) is 4.45. The summed E-state index contributed by atoms with van der Waals surface area (Å²) in [5, 5.41) is 11.4. The number of hydrogen-bond acceptors (Lipinski definition) is 6. The Labute approximate surface area is 188 Å². The highest BCUT2D eigenvalue weighted by Crippen LogP contribution is 2.38. The fraction of sp³-hybridized carbons (Fsp3) is 0.238. The summed E-state index contributed by atoms with van der Waals surface area (Å²) in [6.45, 7) is 5.19. The Hall–Kier alpha value is -3.04. The Morgan fingerprint density at radius 1 is 1.16 bits per heavy atom. The molecule has 160 valence electrons. The summed E-state index contributed by atoms with van der Waals surface area (Å²) in [6.07, 6.45) is 0. The number of nitrogen functional groups attached to an aromatic ring is 1. The van der Waals surface area contributed by atoms with Gasteiger partial charge in [0.2, 0.25) is 17.0 Å². The number of fused-ring (bicyclic) bond motifs is 1. The number of carbonyl (C=O) groups excluding carboxylic acids is 2. The van der Waals surface area contributed by atoms with Gasteiger partial charge in [-0.1, -0.05) is 47.6 Å². The first-order chi connectivity index (χ1) is 14.7. The zero-order valence-corrected chi connectivity index (χ0v) is 18.7. The van der Waals surface area contributed by atoms with Gasteiger partial charge in [-0.05, 0) is 45.0 Å².